The summed E-state index contributed by atoms with van der Waals surface area (Å²) in [6.07, 6.45) is -4.50. The first-order valence-electron chi connectivity index (χ1n) is 5.30. The van der Waals surface area contributed by atoms with Crippen molar-refractivity contribution >= 4 is 21.8 Å². The van der Waals surface area contributed by atoms with E-state index in [-0.39, 0.29) is 16.6 Å². The van der Waals surface area contributed by atoms with Crippen LogP contribution >= 0.6 is 15.9 Å². The average Bonchev–Trinajstić information content (AvgIpc) is 2.34. The molecule has 0 aliphatic rings. The maximum absolute atomic E-state index is 12.5. The molecule has 0 spiro atoms. The van der Waals surface area contributed by atoms with Crippen molar-refractivity contribution in [2.45, 2.75) is 13.1 Å². The third-order valence-electron chi connectivity index (χ3n) is 2.33. The van der Waals surface area contributed by atoms with E-state index in [1.165, 1.54) is 6.07 Å². The molecule has 0 aliphatic heterocycles. The van der Waals surface area contributed by atoms with Gasteiger partial charge in [-0.3, -0.25) is 4.79 Å². The summed E-state index contributed by atoms with van der Waals surface area (Å²) in [6, 6.07) is 4.75. The van der Waals surface area contributed by atoms with Gasteiger partial charge in [-0.2, -0.15) is 18.4 Å². The van der Waals surface area contributed by atoms with Gasteiger partial charge in [-0.15, -0.1) is 0 Å². The smallest absolute Gasteiger partial charge is 0.351 e. The number of amides is 1. The van der Waals surface area contributed by atoms with E-state index in [1.807, 2.05) is 6.07 Å². The first-order chi connectivity index (χ1) is 8.75. The second kappa shape index (κ2) is 6.06. The van der Waals surface area contributed by atoms with E-state index in [0.717, 1.165) is 12.1 Å². The summed E-state index contributed by atoms with van der Waals surface area (Å²) in [7, 11) is 0. The molecule has 7 heteroatoms. The molecule has 0 aromatic heterocycles. The Labute approximate surface area is 116 Å². The van der Waals surface area contributed by atoms with Gasteiger partial charge in [0, 0.05) is 11.0 Å². The Hall–Kier alpha value is -1.55. The Balaban J connectivity index is 2.94. The van der Waals surface area contributed by atoms with Crippen LogP contribution < -0.4 is 5.32 Å². The van der Waals surface area contributed by atoms with E-state index >= 15 is 0 Å². The summed E-state index contributed by atoms with van der Waals surface area (Å²) in [6.45, 7) is 1.68. The van der Waals surface area contributed by atoms with Gasteiger partial charge >= 0.3 is 6.18 Å². The Morgan fingerprint density at radius 3 is 2.68 bits per heavy atom. The number of halogens is 4. The SMILES string of the molecule is CC(C#N)CNC(=O)c1cc(C(F)(F)F)ccc1Br. The molecule has 1 unspecified atom stereocenters. The van der Waals surface area contributed by atoms with E-state index in [2.05, 4.69) is 21.2 Å². The zero-order valence-electron chi connectivity index (χ0n) is 9.88. The van der Waals surface area contributed by atoms with Gasteiger partial charge in [-0.1, -0.05) is 0 Å². The Bertz CT molecular complexity index is 523. The highest BCUT2D eigenvalue weighted by Gasteiger charge is 2.31. The van der Waals surface area contributed by atoms with Crippen LogP contribution in [0.3, 0.4) is 0 Å². The lowest BCUT2D eigenvalue weighted by Gasteiger charge is -2.11. The summed E-state index contributed by atoms with van der Waals surface area (Å²) >= 11 is 3.03. The van der Waals surface area contributed by atoms with Gasteiger partial charge in [-0.25, -0.2) is 0 Å². The highest BCUT2D eigenvalue weighted by molar-refractivity contribution is 9.10. The van der Waals surface area contributed by atoms with E-state index in [1.54, 1.807) is 6.92 Å². The predicted octanol–water partition coefficient (Wildman–Crippen LogP) is 3.36. The minimum atomic E-state index is -4.50. The van der Waals surface area contributed by atoms with Crippen molar-refractivity contribution in [1.82, 2.24) is 5.32 Å². The largest absolute Gasteiger partial charge is 0.416 e. The van der Waals surface area contributed by atoms with E-state index in [0.29, 0.717) is 0 Å². The highest BCUT2D eigenvalue weighted by Crippen LogP contribution is 2.31. The second-order valence-corrected chi connectivity index (χ2v) is 4.79. The molecule has 19 heavy (non-hydrogen) atoms. The van der Waals surface area contributed by atoms with Gasteiger partial charge in [0.2, 0.25) is 0 Å². The molecule has 1 aromatic rings. The Morgan fingerprint density at radius 1 is 1.53 bits per heavy atom. The molecule has 0 saturated heterocycles. The minimum Gasteiger partial charge on any atom is -0.351 e. The average molecular weight is 335 g/mol. The van der Waals surface area contributed by atoms with E-state index in [4.69, 9.17) is 5.26 Å². The van der Waals surface area contributed by atoms with Crippen molar-refractivity contribution in [1.29, 1.82) is 5.26 Å². The van der Waals surface area contributed by atoms with Gasteiger partial charge < -0.3 is 5.32 Å². The van der Waals surface area contributed by atoms with Gasteiger partial charge in [0.05, 0.1) is 23.1 Å². The van der Waals surface area contributed by atoms with Crippen molar-refractivity contribution in [2.24, 2.45) is 5.92 Å². The van der Waals surface area contributed by atoms with Crippen LogP contribution in [0.25, 0.3) is 0 Å². The van der Waals surface area contributed by atoms with Gasteiger partial charge in [0.1, 0.15) is 0 Å². The van der Waals surface area contributed by atoms with Crippen molar-refractivity contribution in [3.05, 3.63) is 33.8 Å². The van der Waals surface area contributed by atoms with Crippen LogP contribution in [0.15, 0.2) is 22.7 Å². The number of carbonyl (C=O) groups is 1. The highest BCUT2D eigenvalue weighted by atomic mass is 79.9. The Morgan fingerprint density at radius 2 is 2.16 bits per heavy atom. The lowest BCUT2D eigenvalue weighted by atomic mass is 10.1. The topological polar surface area (TPSA) is 52.9 Å². The number of hydrogen-bond acceptors (Lipinski definition) is 2. The molecule has 1 atom stereocenters. The van der Waals surface area contributed by atoms with Crippen LogP contribution in [0.1, 0.15) is 22.8 Å². The number of alkyl halides is 3. The fourth-order valence-electron chi connectivity index (χ4n) is 1.26. The lowest BCUT2D eigenvalue weighted by molar-refractivity contribution is -0.137. The van der Waals surface area contributed by atoms with Crippen molar-refractivity contribution in [2.75, 3.05) is 6.54 Å². The zero-order chi connectivity index (χ0) is 14.6. The quantitative estimate of drug-likeness (QED) is 0.921. The number of nitrogens with one attached hydrogen (secondary N) is 1. The van der Waals surface area contributed by atoms with Crippen molar-refractivity contribution in [3.8, 4) is 6.07 Å². The zero-order valence-corrected chi connectivity index (χ0v) is 11.5. The molecule has 3 nitrogen and oxygen atoms in total. The fraction of sp³-hybridized carbons (Fsp3) is 0.333. The molecule has 1 amide bonds. The molecule has 0 aliphatic carbocycles. The number of benzene rings is 1. The molecule has 0 heterocycles. The molecule has 1 aromatic carbocycles. The molecular weight excluding hydrogens is 325 g/mol. The summed E-state index contributed by atoms with van der Waals surface area (Å²) < 4.78 is 37.9. The van der Waals surface area contributed by atoms with Crippen molar-refractivity contribution in [3.63, 3.8) is 0 Å². The molecule has 0 fully saturated rings. The molecule has 0 bridgehead atoms. The third-order valence-corrected chi connectivity index (χ3v) is 3.02. The molecular formula is C12H10BrF3N2O. The van der Waals surface area contributed by atoms with Gasteiger partial charge in [-0.05, 0) is 41.1 Å². The van der Waals surface area contributed by atoms with E-state index < -0.39 is 23.6 Å². The maximum atomic E-state index is 12.5. The van der Waals surface area contributed by atoms with Gasteiger partial charge in [0.25, 0.3) is 5.91 Å². The van der Waals surface area contributed by atoms with Crippen LogP contribution in [0.2, 0.25) is 0 Å². The second-order valence-electron chi connectivity index (χ2n) is 3.93. The van der Waals surface area contributed by atoms with E-state index in [9.17, 15) is 18.0 Å². The van der Waals surface area contributed by atoms with Crippen LogP contribution in [-0.4, -0.2) is 12.5 Å². The normalized spacial score (nSPS) is 12.6. The first kappa shape index (κ1) is 15.5. The summed E-state index contributed by atoms with van der Waals surface area (Å²) in [5.74, 6) is -1.06. The standard InChI is InChI=1S/C12H10BrF3N2O/c1-7(5-17)6-18-11(19)9-4-8(12(14,15)16)2-3-10(9)13/h2-4,7H,6H2,1H3,(H,18,19). The van der Waals surface area contributed by atoms with Crippen LogP contribution in [-0.2, 0) is 6.18 Å². The molecule has 0 saturated carbocycles. The third kappa shape index (κ3) is 4.24. The molecule has 1 rings (SSSR count). The monoisotopic (exact) mass is 334 g/mol. The summed E-state index contributed by atoms with van der Waals surface area (Å²) in [5, 5.41) is 11.0. The number of nitrogens with zero attached hydrogens (tertiary/aromatic N) is 1. The molecule has 1 N–H and O–H groups in total. The van der Waals surface area contributed by atoms with Crippen LogP contribution in [0, 0.1) is 17.2 Å². The lowest BCUT2D eigenvalue weighted by Crippen LogP contribution is -2.28. The fourth-order valence-corrected chi connectivity index (χ4v) is 1.69. The number of carbonyl (C=O) groups excluding carboxylic acids is 1. The number of nitriles is 1. The number of rotatable bonds is 3. The Kier molecular flexibility index (Phi) is 4.95. The maximum Gasteiger partial charge on any atom is 0.416 e. The molecule has 0 radical (unpaired) electrons. The van der Waals surface area contributed by atoms with Crippen LogP contribution in [0.4, 0.5) is 13.2 Å². The van der Waals surface area contributed by atoms with Gasteiger partial charge in [0.15, 0.2) is 0 Å². The summed E-state index contributed by atoms with van der Waals surface area (Å²) in [4.78, 5) is 11.7. The molecule has 102 valence electrons. The first-order valence-corrected chi connectivity index (χ1v) is 6.09. The van der Waals surface area contributed by atoms with Crippen molar-refractivity contribution < 1.29 is 18.0 Å². The predicted molar refractivity (Wildman–Crippen MR) is 66.3 cm³/mol. The minimum absolute atomic E-state index is 0.0814. The summed E-state index contributed by atoms with van der Waals surface area (Å²) in [5.41, 5.74) is -1.01. The van der Waals surface area contributed by atoms with Crippen LogP contribution in [0.5, 0.6) is 0 Å². The number of hydrogen-bond donors (Lipinski definition) is 1.